The number of fused-ring (bicyclic) bond motifs is 2. The fraction of sp³-hybridized carbons (Fsp3) is 0.417. The third-order valence-corrected chi connectivity index (χ3v) is 6.34. The van der Waals surface area contributed by atoms with Crippen molar-refractivity contribution in [2.75, 3.05) is 33.4 Å². The lowest BCUT2D eigenvalue weighted by Crippen LogP contribution is -2.52. The topological polar surface area (TPSA) is 72.0 Å². The molecule has 1 fully saturated rings. The first-order valence-electron chi connectivity index (χ1n) is 11.2. The number of methoxy groups -OCH3 is 1. The highest BCUT2D eigenvalue weighted by atomic mass is 19.4. The number of halogens is 4. The molecule has 0 spiro atoms. The SMILES string of the molecule is COc1cc(N=CC2c3ccc(F)cc3OCC2N2CCO[C@H](C)C2)c2cc(C(F)(F)F)[nH]c2n1. The number of aromatic amines is 1. The van der Waals surface area contributed by atoms with E-state index in [-0.39, 0.29) is 40.7 Å². The molecular weight excluding hydrogens is 468 g/mol. The molecule has 0 radical (unpaired) electrons. The molecule has 3 aromatic rings. The van der Waals surface area contributed by atoms with E-state index in [1.54, 1.807) is 12.3 Å². The number of morpholine rings is 1. The van der Waals surface area contributed by atoms with Crippen molar-refractivity contribution in [1.29, 1.82) is 0 Å². The molecule has 0 saturated carbocycles. The number of pyridine rings is 1. The van der Waals surface area contributed by atoms with E-state index in [0.717, 1.165) is 11.6 Å². The molecule has 2 aromatic heterocycles. The second-order valence-electron chi connectivity index (χ2n) is 8.67. The molecule has 186 valence electrons. The summed E-state index contributed by atoms with van der Waals surface area (Å²) in [5.41, 5.74) is 0.143. The summed E-state index contributed by atoms with van der Waals surface area (Å²) in [7, 11) is 1.38. The van der Waals surface area contributed by atoms with E-state index in [1.165, 1.54) is 25.3 Å². The Hall–Kier alpha value is -3.18. The highest BCUT2D eigenvalue weighted by molar-refractivity contribution is 5.91. The Morgan fingerprint density at radius 3 is 2.83 bits per heavy atom. The standard InChI is InChI=1S/C24H24F4N4O3/c1-13-11-32(5-6-34-13)19-12-35-20-7-14(25)3-4-15(20)17(19)10-29-18-9-22(33-2)31-23-16(18)8-21(30-23)24(26,27)28/h3-4,7-10,13,17,19H,5-6,11-12H2,1-2H3,(H,30,31)/t13-,17?,19?/m1/s1. The van der Waals surface area contributed by atoms with Gasteiger partial charge in [0.05, 0.1) is 31.5 Å². The van der Waals surface area contributed by atoms with Crippen LogP contribution in [0.3, 0.4) is 0 Å². The van der Waals surface area contributed by atoms with Crippen molar-refractivity contribution in [2.45, 2.75) is 31.2 Å². The van der Waals surface area contributed by atoms with Gasteiger partial charge in [0.25, 0.3) is 0 Å². The highest BCUT2D eigenvalue weighted by Gasteiger charge is 2.36. The van der Waals surface area contributed by atoms with Crippen molar-refractivity contribution in [1.82, 2.24) is 14.9 Å². The molecule has 11 heteroatoms. The molecule has 4 heterocycles. The molecule has 35 heavy (non-hydrogen) atoms. The first-order valence-corrected chi connectivity index (χ1v) is 11.2. The highest BCUT2D eigenvalue weighted by Crippen LogP contribution is 2.39. The van der Waals surface area contributed by atoms with Crippen LogP contribution in [0.1, 0.15) is 24.1 Å². The van der Waals surface area contributed by atoms with Gasteiger partial charge >= 0.3 is 6.18 Å². The Kier molecular flexibility index (Phi) is 6.14. The summed E-state index contributed by atoms with van der Waals surface area (Å²) in [6.07, 6.45) is -2.82. The Morgan fingerprint density at radius 2 is 2.09 bits per heavy atom. The summed E-state index contributed by atoms with van der Waals surface area (Å²) >= 11 is 0. The second kappa shape index (κ2) is 9.12. The molecule has 1 N–H and O–H groups in total. The number of aromatic nitrogens is 2. The molecule has 7 nitrogen and oxygen atoms in total. The number of aliphatic imine (C=N–C) groups is 1. The van der Waals surface area contributed by atoms with E-state index in [2.05, 4.69) is 19.9 Å². The largest absolute Gasteiger partial charge is 0.492 e. The zero-order valence-electron chi connectivity index (χ0n) is 19.1. The zero-order chi connectivity index (χ0) is 24.7. The van der Waals surface area contributed by atoms with Crippen molar-refractivity contribution < 1.29 is 31.8 Å². The minimum absolute atomic E-state index is 0.0248. The van der Waals surface area contributed by atoms with Crippen LogP contribution in [0.25, 0.3) is 11.0 Å². The maximum atomic E-state index is 13.9. The van der Waals surface area contributed by atoms with Crippen LogP contribution in [0.2, 0.25) is 0 Å². The molecule has 1 aromatic carbocycles. The summed E-state index contributed by atoms with van der Waals surface area (Å²) in [6, 6.07) is 6.73. The molecule has 0 bridgehead atoms. The van der Waals surface area contributed by atoms with Crippen LogP contribution in [-0.2, 0) is 10.9 Å². The van der Waals surface area contributed by atoms with Crippen LogP contribution in [-0.4, -0.2) is 66.6 Å². The lowest BCUT2D eigenvalue weighted by atomic mass is 9.88. The van der Waals surface area contributed by atoms with Crippen molar-refractivity contribution >= 4 is 22.9 Å². The van der Waals surface area contributed by atoms with Crippen LogP contribution in [0.5, 0.6) is 11.6 Å². The van der Waals surface area contributed by atoms with E-state index in [1.807, 2.05) is 6.92 Å². The smallest absolute Gasteiger partial charge is 0.431 e. The summed E-state index contributed by atoms with van der Waals surface area (Å²) in [5, 5.41) is 0.220. The molecule has 3 atom stereocenters. The van der Waals surface area contributed by atoms with Gasteiger partial charge in [0.15, 0.2) is 0 Å². The van der Waals surface area contributed by atoms with E-state index in [9.17, 15) is 17.6 Å². The molecule has 2 aliphatic heterocycles. The third-order valence-electron chi connectivity index (χ3n) is 6.34. The predicted octanol–water partition coefficient (Wildman–Crippen LogP) is 4.70. The first kappa shape index (κ1) is 23.6. The molecule has 1 saturated heterocycles. The van der Waals surface area contributed by atoms with Gasteiger partial charge in [0.2, 0.25) is 5.88 Å². The van der Waals surface area contributed by atoms with Gasteiger partial charge in [-0.3, -0.25) is 9.89 Å². The van der Waals surface area contributed by atoms with Crippen molar-refractivity contribution in [2.24, 2.45) is 4.99 Å². The van der Waals surface area contributed by atoms with Crippen LogP contribution in [0.4, 0.5) is 23.2 Å². The molecule has 0 amide bonds. The first-order chi connectivity index (χ1) is 16.7. The average molecular weight is 492 g/mol. The van der Waals surface area contributed by atoms with Crippen molar-refractivity contribution in [3.63, 3.8) is 0 Å². The van der Waals surface area contributed by atoms with Gasteiger partial charge in [-0.2, -0.15) is 18.2 Å². The predicted molar refractivity (Wildman–Crippen MR) is 121 cm³/mol. The van der Waals surface area contributed by atoms with Crippen LogP contribution in [0, 0.1) is 5.82 Å². The number of H-pyrrole nitrogens is 1. The molecule has 5 rings (SSSR count). The van der Waals surface area contributed by atoms with E-state index in [0.29, 0.717) is 32.1 Å². The number of alkyl halides is 3. The van der Waals surface area contributed by atoms with Gasteiger partial charge in [-0.1, -0.05) is 6.07 Å². The number of hydrogen-bond donors (Lipinski definition) is 1. The summed E-state index contributed by atoms with van der Waals surface area (Å²) in [4.78, 5) is 13.2. The van der Waals surface area contributed by atoms with Crippen LogP contribution >= 0.6 is 0 Å². The monoisotopic (exact) mass is 492 g/mol. The second-order valence-corrected chi connectivity index (χ2v) is 8.67. The molecule has 2 aliphatic rings. The Bertz CT molecular complexity index is 1260. The Balaban J connectivity index is 1.57. The molecular formula is C24H24F4N4O3. The number of benzene rings is 1. The lowest BCUT2D eigenvalue weighted by molar-refractivity contribution is -0.140. The fourth-order valence-corrected chi connectivity index (χ4v) is 4.64. The quantitative estimate of drug-likeness (QED) is 0.423. The number of nitrogens with one attached hydrogen (secondary N) is 1. The summed E-state index contributed by atoms with van der Waals surface area (Å²) < 4.78 is 70.6. The average Bonchev–Trinajstić information content (AvgIpc) is 3.27. The van der Waals surface area contributed by atoms with Gasteiger partial charge in [-0.05, 0) is 19.1 Å². The fourth-order valence-electron chi connectivity index (χ4n) is 4.64. The number of rotatable bonds is 4. The number of ether oxygens (including phenoxy) is 3. The number of hydrogen-bond acceptors (Lipinski definition) is 6. The van der Waals surface area contributed by atoms with Gasteiger partial charge in [0.1, 0.15) is 29.5 Å². The lowest BCUT2D eigenvalue weighted by Gasteiger charge is -2.42. The van der Waals surface area contributed by atoms with Crippen molar-refractivity contribution in [3.8, 4) is 11.6 Å². The van der Waals surface area contributed by atoms with E-state index >= 15 is 0 Å². The molecule has 0 aliphatic carbocycles. The maximum absolute atomic E-state index is 13.9. The third kappa shape index (κ3) is 4.70. The Morgan fingerprint density at radius 1 is 1.26 bits per heavy atom. The normalized spacial score (nSPS) is 23.4. The van der Waals surface area contributed by atoms with Crippen LogP contribution in [0.15, 0.2) is 35.3 Å². The van der Waals surface area contributed by atoms with Gasteiger partial charge < -0.3 is 19.2 Å². The van der Waals surface area contributed by atoms with Gasteiger partial charge in [0, 0.05) is 48.3 Å². The van der Waals surface area contributed by atoms with E-state index in [4.69, 9.17) is 14.2 Å². The number of nitrogens with zero attached hydrogens (tertiary/aromatic N) is 3. The minimum atomic E-state index is -4.56. The van der Waals surface area contributed by atoms with Gasteiger partial charge in [-0.15, -0.1) is 0 Å². The maximum Gasteiger partial charge on any atom is 0.431 e. The summed E-state index contributed by atoms with van der Waals surface area (Å²) in [5.74, 6) is -0.143. The van der Waals surface area contributed by atoms with Crippen molar-refractivity contribution in [3.05, 3.63) is 47.4 Å². The molecule has 2 unspecified atom stereocenters. The van der Waals surface area contributed by atoms with Crippen LogP contribution < -0.4 is 9.47 Å². The van der Waals surface area contributed by atoms with Gasteiger partial charge in [-0.25, -0.2) is 4.39 Å². The minimum Gasteiger partial charge on any atom is -0.492 e. The summed E-state index contributed by atoms with van der Waals surface area (Å²) in [6.45, 7) is 4.27. The zero-order valence-corrected chi connectivity index (χ0v) is 19.1. The van der Waals surface area contributed by atoms with E-state index < -0.39 is 17.7 Å². The Labute approximate surface area is 198 Å².